The van der Waals surface area contributed by atoms with Gasteiger partial charge in [-0.15, -0.1) is 0 Å². The third-order valence-electron chi connectivity index (χ3n) is 3.05. The van der Waals surface area contributed by atoms with E-state index in [4.69, 9.17) is 11.6 Å². The molecule has 2 rings (SSSR count). The summed E-state index contributed by atoms with van der Waals surface area (Å²) in [5, 5.41) is 4.32. The van der Waals surface area contributed by atoms with Crippen molar-refractivity contribution in [3.63, 3.8) is 0 Å². The van der Waals surface area contributed by atoms with Crippen LogP contribution in [0.15, 0.2) is 48.8 Å². The largest absolute Gasteiger partial charge is 0.304 e. The molecule has 2 atom stereocenters. The molecule has 0 radical (unpaired) electrons. The number of pyridine rings is 1. The number of rotatable bonds is 4. The van der Waals surface area contributed by atoms with Gasteiger partial charge in [-0.3, -0.25) is 4.98 Å². The van der Waals surface area contributed by atoms with Crippen LogP contribution in [0.1, 0.15) is 37.1 Å². The number of nitrogens with one attached hydrogen (secondary N) is 1. The fraction of sp³-hybridized carbons (Fsp3) is 0.267. The van der Waals surface area contributed by atoms with Crippen molar-refractivity contribution in [2.45, 2.75) is 25.9 Å². The van der Waals surface area contributed by atoms with Crippen LogP contribution in [0.4, 0.5) is 0 Å². The van der Waals surface area contributed by atoms with Gasteiger partial charge in [0.05, 0.1) is 0 Å². The van der Waals surface area contributed by atoms with Crippen LogP contribution in [0.5, 0.6) is 0 Å². The van der Waals surface area contributed by atoms with E-state index in [0.717, 1.165) is 5.02 Å². The summed E-state index contributed by atoms with van der Waals surface area (Å²) < 4.78 is 0. The molecule has 94 valence electrons. The molecule has 0 spiro atoms. The van der Waals surface area contributed by atoms with Gasteiger partial charge >= 0.3 is 0 Å². The van der Waals surface area contributed by atoms with E-state index in [1.807, 2.05) is 24.4 Å². The molecule has 1 aromatic carbocycles. The van der Waals surface area contributed by atoms with Crippen molar-refractivity contribution in [1.29, 1.82) is 0 Å². The van der Waals surface area contributed by atoms with E-state index in [2.05, 4.69) is 42.3 Å². The van der Waals surface area contributed by atoms with Crippen molar-refractivity contribution >= 4 is 11.6 Å². The van der Waals surface area contributed by atoms with E-state index in [0.29, 0.717) is 0 Å². The SMILES string of the molecule is CC(N[C@H](C)c1ccc(Cl)cc1)c1cccnc1. The normalized spacial score (nSPS) is 14.2. The number of halogens is 1. The number of aromatic nitrogens is 1. The van der Waals surface area contributed by atoms with E-state index < -0.39 is 0 Å². The second kappa shape index (κ2) is 5.98. The van der Waals surface area contributed by atoms with E-state index in [1.165, 1.54) is 11.1 Å². The van der Waals surface area contributed by atoms with Crippen LogP contribution in [0.25, 0.3) is 0 Å². The number of hydrogen-bond donors (Lipinski definition) is 1. The van der Waals surface area contributed by atoms with Gasteiger partial charge in [0.15, 0.2) is 0 Å². The molecule has 1 unspecified atom stereocenters. The molecular formula is C15H17ClN2. The fourth-order valence-electron chi connectivity index (χ4n) is 1.95. The molecule has 2 aromatic rings. The molecule has 0 aliphatic heterocycles. The summed E-state index contributed by atoms with van der Waals surface area (Å²) in [5.74, 6) is 0. The van der Waals surface area contributed by atoms with Gasteiger partial charge in [0, 0.05) is 29.5 Å². The predicted molar refractivity (Wildman–Crippen MR) is 75.7 cm³/mol. The summed E-state index contributed by atoms with van der Waals surface area (Å²) in [6.07, 6.45) is 3.69. The van der Waals surface area contributed by atoms with Crippen molar-refractivity contribution in [3.8, 4) is 0 Å². The minimum Gasteiger partial charge on any atom is -0.304 e. The van der Waals surface area contributed by atoms with Crippen molar-refractivity contribution in [1.82, 2.24) is 10.3 Å². The lowest BCUT2D eigenvalue weighted by molar-refractivity contribution is 0.494. The van der Waals surface area contributed by atoms with Crippen molar-refractivity contribution < 1.29 is 0 Å². The maximum absolute atomic E-state index is 5.89. The zero-order valence-electron chi connectivity index (χ0n) is 10.6. The van der Waals surface area contributed by atoms with Crippen molar-refractivity contribution in [2.75, 3.05) is 0 Å². The standard InChI is InChI=1S/C15H17ClN2/c1-11(13-5-7-15(16)8-6-13)18-12(2)14-4-3-9-17-10-14/h3-12,18H,1-2H3/t11-,12?/m1/s1. The first-order valence-corrected chi connectivity index (χ1v) is 6.46. The Balaban J connectivity index is 2.03. The smallest absolute Gasteiger partial charge is 0.0406 e. The average molecular weight is 261 g/mol. The molecule has 0 amide bonds. The Bertz CT molecular complexity index is 482. The molecule has 0 saturated heterocycles. The quantitative estimate of drug-likeness (QED) is 0.893. The Kier molecular flexibility index (Phi) is 4.34. The lowest BCUT2D eigenvalue weighted by Crippen LogP contribution is -2.22. The van der Waals surface area contributed by atoms with E-state index in [1.54, 1.807) is 6.20 Å². The number of benzene rings is 1. The summed E-state index contributed by atoms with van der Waals surface area (Å²) in [5.41, 5.74) is 2.42. The van der Waals surface area contributed by atoms with Gasteiger partial charge in [-0.25, -0.2) is 0 Å². The second-order valence-electron chi connectivity index (χ2n) is 4.45. The van der Waals surface area contributed by atoms with Crippen LogP contribution in [-0.2, 0) is 0 Å². The Morgan fingerprint density at radius 2 is 1.67 bits per heavy atom. The molecule has 0 fully saturated rings. The molecule has 1 aromatic heterocycles. The van der Waals surface area contributed by atoms with E-state index in [9.17, 15) is 0 Å². The van der Waals surface area contributed by atoms with Crippen molar-refractivity contribution in [2.24, 2.45) is 0 Å². The zero-order chi connectivity index (χ0) is 13.0. The first kappa shape index (κ1) is 13.1. The highest BCUT2D eigenvalue weighted by Gasteiger charge is 2.10. The molecular weight excluding hydrogens is 244 g/mol. The van der Waals surface area contributed by atoms with Crippen LogP contribution in [0.2, 0.25) is 5.02 Å². The topological polar surface area (TPSA) is 24.9 Å². The molecule has 0 bridgehead atoms. The highest BCUT2D eigenvalue weighted by molar-refractivity contribution is 6.30. The van der Waals surface area contributed by atoms with Gasteiger partial charge < -0.3 is 5.32 Å². The van der Waals surface area contributed by atoms with Crippen LogP contribution in [0.3, 0.4) is 0 Å². The molecule has 2 nitrogen and oxygen atoms in total. The van der Waals surface area contributed by atoms with Crippen LogP contribution < -0.4 is 5.32 Å². The van der Waals surface area contributed by atoms with Gasteiger partial charge in [-0.05, 0) is 43.2 Å². The first-order chi connectivity index (χ1) is 8.66. The lowest BCUT2D eigenvalue weighted by Gasteiger charge is -2.20. The van der Waals surface area contributed by atoms with Gasteiger partial charge in [0.2, 0.25) is 0 Å². The van der Waals surface area contributed by atoms with Crippen LogP contribution >= 0.6 is 11.6 Å². The maximum Gasteiger partial charge on any atom is 0.0406 e. The Morgan fingerprint density at radius 3 is 2.28 bits per heavy atom. The lowest BCUT2D eigenvalue weighted by atomic mass is 10.1. The average Bonchev–Trinajstić information content (AvgIpc) is 2.40. The molecule has 3 heteroatoms. The summed E-state index contributed by atoms with van der Waals surface area (Å²) in [4.78, 5) is 4.14. The minimum atomic E-state index is 0.268. The number of hydrogen-bond acceptors (Lipinski definition) is 2. The summed E-state index contributed by atoms with van der Waals surface area (Å²) in [6, 6.07) is 12.5. The predicted octanol–water partition coefficient (Wildman–Crippen LogP) is 4.15. The fourth-order valence-corrected chi connectivity index (χ4v) is 2.08. The van der Waals surface area contributed by atoms with Crippen LogP contribution in [-0.4, -0.2) is 4.98 Å². The summed E-state index contributed by atoms with van der Waals surface area (Å²) >= 11 is 5.89. The monoisotopic (exact) mass is 260 g/mol. The van der Waals surface area contributed by atoms with Crippen molar-refractivity contribution in [3.05, 3.63) is 64.9 Å². The molecule has 0 saturated carbocycles. The van der Waals surface area contributed by atoms with Gasteiger partial charge in [-0.2, -0.15) is 0 Å². The van der Waals surface area contributed by atoms with Gasteiger partial charge in [0.1, 0.15) is 0 Å². The zero-order valence-corrected chi connectivity index (χ0v) is 11.4. The number of nitrogens with zero attached hydrogens (tertiary/aromatic N) is 1. The van der Waals surface area contributed by atoms with E-state index in [-0.39, 0.29) is 12.1 Å². The maximum atomic E-state index is 5.89. The molecule has 18 heavy (non-hydrogen) atoms. The highest BCUT2D eigenvalue weighted by atomic mass is 35.5. The Morgan fingerprint density at radius 1 is 1.00 bits per heavy atom. The third kappa shape index (κ3) is 3.31. The molecule has 1 heterocycles. The highest BCUT2D eigenvalue weighted by Crippen LogP contribution is 2.20. The molecule has 0 aliphatic rings. The molecule has 0 aliphatic carbocycles. The minimum absolute atomic E-state index is 0.268. The summed E-state index contributed by atoms with van der Waals surface area (Å²) in [7, 11) is 0. The first-order valence-electron chi connectivity index (χ1n) is 6.08. The van der Waals surface area contributed by atoms with E-state index >= 15 is 0 Å². The van der Waals surface area contributed by atoms with Gasteiger partial charge in [-0.1, -0.05) is 29.8 Å². The van der Waals surface area contributed by atoms with Gasteiger partial charge in [0.25, 0.3) is 0 Å². The Labute approximate surface area is 113 Å². The Hall–Kier alpha value is -1.38. The van der Waals surface area contributed by atoms with Crippen LogP contribution in [0, 0.1) is 0 Å². The summed E-state index contributed by atoms with van der Waals surface area (Å²) in [6.45, 7) is 4.29. The second-order valence-corrected chi connectivity index (χ2v) is 4.88. The third-order valence-corrected chi connectivity index (χ3v) is 3.31. The molecule has 1 N–H and O–H groups in total.